The van der Waals surface area contributed by atoms with Gasteiger partial charge < -0.3 is 9.84 Å². The molecule has 0 bridgehead atoms. The van der Waals surface area contributed by atoms with E-state index < -0.39 is 5.97 Å². The molecule has 1 aromatic heterocycles. The van der Waals surface area contributed by atoms with Crippen LogP contribution in [-0.2, 0) is 0 Å². The van der Waals surface area contributed by atoms with E-state index in [1.54, 1.807) is 24.3 Å². The third kappa shape index (κ3) is 3.56. The summed E-state index contributed by atoms with van der Waals surface area (Å²) in [6.07, 6.45) is 1.32. The van der Waals surface area contributed by atoms with Crippen LogP contribution in [0.2, 0.25) is 5.02 Å². The molecule has 21 heavy (non-hydrogen) atoms. The molecular formula is C14H10Br2ClNO3. The summed E-state index contributed by atoms with van der Waals surface area (Å²) in [6.45, 7) is 0. The largest absolute Gasteiger partial charge is 0.496 e. The summed E-state index contributed by atoms with van der Waals surface area (Å²) in [6, 6.07) is 6.74. The predicted molar refractivity (Wildman–Crippen MR) is 88.8 cm³/mol. The third-order valence-electron chi connectivity index (χ3n) is 2.83. The Labute approximate surface area is 143 Å². The zero-order valence-corrected chi connectivity index (χ0v) is 14.7. The van der Waals surface area contributed by atoms with Crippen LogP contribution < -0.4 is 4.74 Å². The maximum absolute atomic E-state index is 11.4. The first-order valence-electron chi connectivity index (χ1n) is 5.79. The number of ether oxygens (including phenoxy) is 1. The Morgan fingerprint density at radius 1 is 1.33 bits per heavy atom. The molecule has 0 aliphatic heterocycles. The first kappa shape index (κ1) is 16.3. The number of alkyl halides is 2. The normalized spacial score (nSPS) is 10.7. The van der Waals surface area contributed by atoms with Gasteiger partial charge in [0.2, 0.25) is 0 Å². The van der Waals surface area contributed by atoms with Crippen LogP contribution in [0, 0.1) is 0 Å². The lowest BCUT2D eigenvalue weighted by atomic mass is 10.00. The molecule has 2 aromatic rings. The minimum absolute atomic E-state index is 0.0833. The van der Waals surface area contributed by atoms with Gasteiger partial charge in [-0.25, -0.2) is 4.79 Å². The van der Waals surface area contributed by atoms with Gasteiger partial charge in [0.1, 0.15) is 9.49 Å². The van der Waals surface area contributed by atoms with Crippen LogP contribution in [0.25, 0.3) is 11.1 Å². The monoisotopic (exact) mass is 433 g/mol. The van der Waals surface area contributed by atoms with Gasteiger partial charge in [0, 0.05) is 22.3 Å². The number of pyridine rings is 1. The highest BCUT2D eigenvalue weighted by Crippen LogP contribution is 2.37. The molecule has 0 aliphatic carbocycles. The van der Waals surface area contributed by atoms with Crippen molar-refractivity contribution in [3.8, 4) is 16.9 Å². The van der Waals surface area contributed by atoms with E-state index >= 15 is 0 Å². The van der Waals surface area contributed by atoms with Crippen LogP contribution in [0.15, 0.2) is 30.5 Å². The molecule has 0 atom stereocenters. The van der Waals surface area contributed by atoms with E-state index in [1.165, 1.54) is 13.3 Å². The summed E-state index contributed by atoms with van der Waals surface area (Å²) in [5.41, 5.74) is 1.83. The van der Waals surface area contributed by atoms with Crippen LogP contribution in [-0.4, -0.2) is 23.2 Å². The molecule has 0 radical (unpaired) electrons. The van der Waals surface area contributed by atoms with Crippen molar-refractivity contribution in [1.29, 1.82) is 0 Å². The van der Waals surface area contributed by atoms with Gasteiger partial charge in [-0.15, -0.1) is 0 Å². The Balaban J connectivity index is 2.74. The van der Waals surface area contributed by atoms with E-state index in [2.05, 4.69) is 36.8 Å². The number of methoxy groups -OCH3 is 1. The molecule has 110 valence electrons. The zero-order chi connectivity index (χ0) is 15.6. The quantitative estimate of drug-likeness (QED) is 0.695. The van der Waals surface area contributed by atoms with E-state index in [4.69, 9.17) is 16.3 Å². The summed E-state index contributed by atoms with van der Waals surface area (Å²) in [5.74, 6) is -0.522. The van der Waals surface area contributed by atoms with Crippen molar-refractivity contribution in [3.05, 3.63) is 46.7 Å². The lowest BCUT2D eigenvalue weighted by molar-refractivity contribution is 0.0697. The number of halogens is 3. The Morgan fingerprint density at radius 2 is 2.05 bits per heavy atom. The molecule has 0 spiro atoms. The van der Waals surface area contributed by atoms with Gasteiger partial charge in [-0.3, -0.25) is 4.98 Å². The molecule has 0 saturated heterocycles. The van der Waals surface area contributed by atoms with Crippen molar-refractivity contribution >= 4 is 49.4 Å². The Hall–Kier alpha value is -1.11. The van der Waals surface area contributed by atoms with Crippen LogP contribution >= 0.6 is 43.5 Å². The Morgan fingerprint density at radius 3 is 2.62 bits per heavy atom. The van der Waals surface area contributed by atoms with Crippen LogP contribution in [0.4, 0.5) is 0 Å². The number of aromatic carboxylic acids is 1. The predicted octanol–water partition coefficient (Wildman–Crippen LogP) is 4.90. The molecule has 1 N–H and O–H groups in total. The average molecular weight is 435 g/mol. The second-order valence-corrected chi connectivity index (χ2v) is 7.60. The number of carboxylic acid groups (broad SMARTS) is 1. The summed E-state index contributed by atoms with van der Waals surface area (Å²) >= 11 is 12.7. The maximum Gasteiger partial charge on any atom is 0.337 e. The molecule has 7 heteroatoms. The fourth-order valence-corrected chi connectivity index (χ4v) is 2.55. The Kier molecular flexibility index (Phi) is 5.24. The molecule has 0 aliphatic rings. The van der Waals surface area contributed by atoms with E-state index in [0.29, 0.717) is 27.6 Å². The first-order valence-corrected chi connectivity index (χ1v) is 8.00. The van der Waals surface area contributed by atoms with Gasteiger partial charge in [-0.1, -0.05) is 43.5 Å². The van der Waals surface area contributed by atoms with E-state index in [0.717, 1.165) is 0 Å². The van der Waals surface area contributed by atoms with Crippen LogP contribution in [0.1, 0.15) is 19.8 Å². The fourth-order valence-electron chi connectivity index (χ4n) is 1.87. The minimum Gasteiger partial charge on any atom is -0.496 e. The molecule has 1 heterocycles. The number of benzene rings is 1. The zero-order valence-electron chi connectivity index (χ0n) is 10.8. The topological polar surface area (TPSA) is 59.4 Å². The number of rotatable bonds is 4. The minimum atomic E-state index is -1.06. The number of carbonyl (C=O) groups is 1. The number of aromatic nitrogens is 1. The highest BCUT2D eigenvalue weighted by atomic mass is 79.9. The van der Waals surface area contributed by atoms with Gasteiger partial charge in [0.25, 0.3) is 0 Å². The van der Waals surface area contributed by atoms with Crippen molar-refractivity contribution in [2.45, 2.75) is 3.74 Å². The molecule has 0 saturated carbocycles. The third-order valence-corrected chi connectivity index (χ3v) is 4.00. The van der Waals surface area contributed by atoms with Gasteiger partial charge >= 0.3 is 5.97 Å². The molecular weight excluding hydrogens is 425 g/mol. The lowest BCUT2D eigenvalue weighted by Crippen LogP contribution is -2.03. The van der Waals surface area contributed by atoms with Gasteiger partial charge in [-0.2, -0.15) is 0 Å². The highest BCUT2D eigenvalue weighted by Gasteiger charge is 2.18. The van der Waals surface area contributed by atoms with E-state index in [1.807, 2.05) is 0 Å². The van der Waals surface area contributed by atoms with E-state index in [9.17, 15) is 9.90 Å². The second-order valence-electron chi connectivity index (χ2n) is 4.11. The molecule has 0 amide bonds. The van der Waals surface area contributed by atoms with Crippen LogP contribution in [0.5, 0.6) is 5.75 Å². The highest BCUT2D eigenvalue weighted by molar-refractivity contribution is 9.24. The number of hydrogen-bond acceptors (Lipinski definition) is 3. The number of hydrogen-bond donors (Lipinski definition) is 1. The standard InChI is InChI=1S/C14H10Br2ClNO3/c1-21-12-3-2-7(17)4-9(12)8-5-11(13(15)16)18-6-10(8)14(19)20/h2-6,13H,1H3,(H,19,20). The van der Waals surface area contributed by atoms with Gasteiger partial charge in [0.15, 0.2) is 0 Å². The van der Waals surface area contributed by atoms with E-state index in [-0.39, 0.29) is 9.30 Å². The van der Waals surface area contributed by atoms with Crippen molar-refractivity contribution in [2.24, 2.45) is 0 Å². The summed E-state index contributed by atoms with van der Waals surface area (Å²) < 4.78 is 5.11. The van der Waals surface area contributed by atoms with Crippen molar-refractivity contribution in [1.82, 2.24) is 4.98 Å². The number of nitrogens with zero attached hydrogens (tertiary/aromatic N) is 1. The van der Waals surface area contributed by atoms with Crippen molar-refractivity contribution in [2.75, 3.05) is 7.11 Å². The first-order chi connectivity index (χ1) is 9.93. The summed E-state index contributed by atoms with van der Waals surface area (Å²) in [5, 5.41) is 9.85. The molecule has 0 unspecified atom stereocenters. The lowest BCUT2D eigenvalue weighted by Gasteiger charge is -2.13. The van der Waals surface area contributed by atoms with Gasteiger partial charge in [-0.05, 0) is 24.3 Å². The molecule has 2 rings (SSSR count). The van der Waals surface area contributed by atoms with Crippen molar-refractivity contribution < 1.29 is 14.6 Å². The van der Waals surface area contributed by atoms with Crippen LogP contribution in [0.3, 0.4) is 0 Å². The average Bonchev–Trinajstić information content (AvgIpc) is 2.46. The summed E-state index contributed by atoms with van der Waals surface area (Å²) in [7, 11) is 1.52. The molecule has 1 aromatic carbocycles. The molecule has 4 nitrogen and oxygen atoms in total. The van der Waals surface area contributed by atoms with Gasteiger partial charge in [0.05, 0.1) is 18.4 Å². The number of carboxylic acids is 1. The molecule has 0 fully saturated rings. The maximum atomic E-state index is 11.4. The van der Waals surface area contributed by atoms with Crippen molar-refractivity contribution in [3.63, 3.8) is 0 Å². The fraction of sp³-hybridized carbons (Fsp3) is 0.143. The smallest absolute Gasteiger partial charge is 0.337 e. The Bertz CT molecular complexity index is 692. The SMILES string of the molecule is COc1ccc(Cl)cc1-c1cc(C(Br)Br)ncc1C(=O)O. The summed E-state index contributed by atoms with van der Waals surface area (Å²) in [4.78, 5) is 15.5. The second kappa shape index (κ2) is 6.77.